The van der Waals surface area contributed by atoms with Crippen LogP contribution in [0.25, 0.3) is 0 Å². The third kappa shape index (κ3) is 4.64. The predicted octanol–water partition coefficient (Wildman–Crippen LogP) is 0.831. The van der Waals surface area contributed by atoms with Gasteiger partial charge >= 0.3 is 0 Å². The first-order chi connectivity index (χ1) is 8.02. The van der Waals surface area contributed by atoms with Gasteiger partial charge in [-0.05, 0) is 45.8 Å². The maximum absolute atomic E-state index is 12.0. The summed E-state index contributed by atoms with van der Waals surface area (Å²) >= 11 is 0. The molecule has 1 aliphatic heterocycles. The monoisotopic (exact) mass is 241 g/mol. The van der Waals surface area contributed by atoms with Crippen molar-refractivity contribution in [3.05, 3.63) is 0 Å². The lowest BCUT2D eigenvalue weighted by Gasteiger charge is -2.35. The van der Waals surface area contributed by atoms with Crippen molar-refractivity contribution in [2.45, 2.75) is 45.7 Å². The number of carbonyl (C=O) groups excluding carboxylic acids is 1. The summed E-state index contributed by atoms with van der Waals surface area (Å²) in [4.78, 5) is 14.2. The fourth-order valence-corrected chi connectivity index (χ4v) is 2.17. The molecule has 0 spiro atoms. The molecule has 0 aromatic heterocycles. The number of amides is 1. The van der Waals surface area contributed by atoms with Crippen LogP contribution in [-0.4, -0.2) is 49.6 Å². The number of piperidine rings is 1. The molecular formula is C13H27N3O. The van der Waals surface area contributed by atoms with Crippen LogP contribution in [0.15, 0.2) is 0 Å². The van der Waals surface area contributed by atoms with Crippen LogP contribution < -0.4 is 10.6 Å². The average molecular weight is 241 g/mol. The van der Waals surface area contributed by atoms with Gasteiger partial charge in [-0.1, -0.05) is 13.8 Å². The Morgan fingerprint density at radius 2 is 1.94 bits per heavy atom. The second-order valence-corrected chi connectivity index (χ2v) is 5.46. The van der Waals surface area contributed by atoms with E-state index in [1.807, 2.05) is 6.92 Å². The third-order valence-electron chi connectivity index (χ3n) is 3.56. The second kappa shape index (κ2) is 6.97. The molecule has 0 aromatic rings. The zero-order chi connectivity index (χ0) is 12.8. The van der Waals surface area contributed by atoms with Gasteiger partial charge in [0.25, 0.3) is 0 Å². The van der Waals surface area contributed by atoms with Gasteiger partial charge in [-0.2, -0.15) is 0 Å². The molecule has 1 unspecified atom stereocenters. The Labute approximate surface area is 105 Å². The smallest absolute Gasteiger partial charge is 0.237 e. The van der Waals surface area contributed by atoms with E-state index >= 15 is 0 Å². The number of likely N-dealkylation sites (N-methyl/N-ethyl adjacent to an activating group) is 1. The fourth-order valence-electron chi connectivity index (χ4n) is 2.17. The molecule has 0 bridgehead atoms. The van der Waals surface area contributed by atoms with E-state index in [1.165, 1.54) is 0 Å². The number of hydrogen-bond donors (Lipinski definition) is 2. The van der Waals surface area contributed by atoms with E-state index in [4.69, 9.17) is 0 Å². The van der Waals surface area contributed by atoms with Crippen molar-refractivity contribution < 1.29 is 4.79 Å². The summed E-state index contributed by atoms with van der Waals surface area (Å²) < 4.78 is 0. The minimum atomic E-state index is -0.0307. The quantitative estimate of drug-likeness (QED) is 0.749. The van der Waals surface area contributed by atoms with E-state index in [-0.39, 0.29) is 11.9 Å². The molecule has 0 aromatic carbocycles. The van der Waals surface area contributed by atoms with Crippen LogP contribution >= 0.6 is 0 Å². The Morgan fingerprint density at radius 1 is 1.35 bits per heavy atom. The molecule has 0 aliphatic carbocycles. The summed E-state index contributed by atoms with van der Waals surface area (Å²) in [6.45, 7) is 9.12. The number of carbonyl (C=O) groups is 1. The Kier molecular flexibility index (Phi) is 5.92. The predicted molar refractivity (Wildman–Crippen MR) is 71.0 cm³/mol. The summed E-state index contributed by atoms with van der Waals surface area (Å²) in [7, 11) is 2.07. The Hall–Kier alpha value is -0.610. The molecule has 17 heavy (non-hydrogen) atoms. The lowest BCUT2D eigenvalue weighted by atomic mass is 10.0. The molecular weight excluding hydrogens is 214 g/mol. The SMILES string of the molecule is CC(C)CNC(=O)C(C)N(C)C1CCNCC1. The molecule has 2 N–H and O–H groups in total. The van der Waals surface area contributed by atoms with E-state index < -0.39 is 0 Å². The van der Waals surface area contributed by atoms with Gasteiger partial charge in [-0.25, -0.2) is 0 Å². The summed E-state index contributed by atoms with van der Waals surface area (Å²) in [6.07, 6.45) is 2.27. The van der Waals surface area contributed by atoms with Crippen LogP contribution in [0.2, 0.25) is 0 Å². The van der Waals surface area contributed by atoms with Crippen molar-refractivity contribution in [2.24, 2.45) is 5.92 Å². The molecule has 1 saturated heterocycles. The highest BCUT2D eigenvalue weighted by Gasteiger charge is 2.25. The first-order valence-electron chi connectivity index (χ1n) is 6.72. The molecule has 0 saturated carbocycles. The minimum Gasteiger partial charge on any atom is -0.354 e. The Bertz CT molecular complexity index is 237. The summed E-state index contributed by atoms with van der Waals surface area (Å²) in [5, 5.41) is 6.36. The normalized spacial score (nSPS) is 19.6. The van der Waals surface area contributed by atoms with Gasteiger partial charge in [0.05, 0.1) is 6.04 Å². The molecule has 4 heteroatoms. The van der Waals surface area contributed by atoms with Gasteiger partial charge in [0.2, 0.25) is 5.91 Å². The fraction of sp³-hybridized carbons (Fsp3) is 0.923. The largest absolute Gasteiger partial charge is 0.354 e. The van der Waals surface area contributed by atoms with Crippen molar-refractivity contribution >= 4 is 5.91 Å². The lowest BCUT2D eigenvalue weighted by Crippen LogP contribution is -2.51. The maximum atomic E-state index is 12.0. The Balaban J connectivity index is 2.38. The number of nitrogens with zero attached hydrogens (tertiary/aromatic N) is 1. The topological polar surface area (TPSA) is 44.4 Å². The molecule has 1 amide bonds. The van der Waals surface area contributed by atoms with Crippen LogP contribution in [0.1, 0.15) is 33.6 Å². The molecule has 4 nitrogen and oxygen atoms in total. The Morgan fingerprint density at radius 3 is 2.47 bits per heavy atom. The maximum Gasteiger partial charge on any atom is 0.237 e. The first kappa shape index (κ1) is 14.5. The molecule has 1 fully saturated rings. The van der Waals surface area contributed by atoms with E-state index in [0.717, 1.165) is 32.5 Å². The van der Waals surface area contributed by atoms with Gasteiger partial charge in [0.1, 0.15) is 0 Å². The summed E-state index contributed by atoms with van der Waals surface area (Å²) in [5.41, 5.74) is 0. The average Bonchev–Trinajstić information content (AvgIpc) is 2.35. The van der Waals surface area contributed by atoms with Crippen molar-refractivity contribution in [1.29, 1.82) is 0 Å². The molecule has 100 valence electrons. The lowest BCUT2D eigenvalue weighted by molar-refractivity contribution is -0.126. The van der Waals surface area contributed by atoms with E-state index in [0.29, 0.717) is 12.0 Å². The zero-order valence-corrected chi connectivity index (χ0v) is 11.6. The van der Waals surface area contributed by atoms with Crippen LogP contribution in [0.5, 0.6) is 0 Å². The minimum absolute atomic E-state index is 0.0307. The molecule has 1 atom stereocenters. The number of nitrogens with one attached hydrogen (secondary N) is 2. The van der Waals surface area contributed by atoms with Gasteiger partial charge < -0.3 is 10.6 Å². The highest BCUT2D eigenvalue weighted by atomic mass is 16.2. The second-order valence-electron chi connectivity index (χ2n) is 5.46. The van der Waals surface area contributed by atoms with Gasteiger partial charge in [0.15, 0.2) is 0 Å². The van der Waals surface area contributed by atoms with Crippen molar-refractivity contribution in [3.8, 4) is 0 Å². The van der Waals surface area contributed by atoms with E-state index in [2.05, 4.69) is 36.4 Å². The van der Waals surface area contributed by atoms with E-state index in [9.17, 15) is 4.79 Å². The highest BCUT2D eigenvalue weighted by Crippen LogP contribution is 2.12. The zero-order valence-electron chi connectivity index (χ0n) is 11.6. The molecule has 1 heterocycles. The highest BCUT2D eigenvalue weighted by molar-refractivity contribution is 5.81. The van der Waals surface area contributed by atoms with Crippen LogP contribution in [0.3, 0.4) is 0 Å². The summed E-state index contributed by atoms with van der Waals surface area (Å²) in [6, 6.07) is 0.507. The molecule has 1 rings (SSSR count). The first-order valence-corrected chi connectivity index (χ1v) is 6.72. The van der Waals surface area contributed by atoms with Gasteiger partial charge in [-0.3, -0.25) is 9.69 Å². The van der Waals surface area contributed by atoms with Crippen LogP contribution in [0, 0.1) is 5.92 Å². The molecule has 0 radical (unpaired) electrons. The van der Waals surface area contributed by atoms with Gasteiger partial charge in [0, 0.05) is 12.6 Å². The number of rotatable bonds is 5. The molecule has 1 aliphatic rings. The number of hydrogen-bond acceptors (Lipinski definition) is 3. The van der Waals surface area contributed by atoms with Crippen LogP contribution in [-0.2, 0) is 4.79 Å². The van der Waals surface area contributed by atoms with Crippen molar-refractivity contribution in [1.82, 2.24) is 15.5 Å². The summed E-state index contributed by atoms with van der Waals surface area (Å²) in [5.74, 6) is 0.662. The van der Waals surface area contributed by atoms with E-state index in [1.54, 1.807) is 0 Å². The van der Waals surface area contributed by atoms with Crippen molar-refractivity contribution in [2.75, 3.05) is 26.7 Å². The van der Waals surface area contributed by atoms with Crippen LogP contribution in [0.4, 0.5) is 0 Å². The van der Waals surface area contributed by atoms with Crippen molar-refractivity contribution in [3.63, 3.8) is 0 Å². The standard InChI is InChI=1S/C13H27N3O/c1-10(2)9-15-13(17)11(3)16(4)12-5-7-14-8-6-12/h10-12,14H,5-9H2,1-4H3,(H,15,17). The third-order valence-corrected chi connectivity index (χ3v) is 3.56. The van der Waals surface area contributed by atoms with Gasteiger partial charge in [-0.15, -0.1) is 0 Å².